The Morgan fingerprint density at radius 1 is 1.35 bits per heavy atom. The summed E-state index contributed by atoms with van der Waals surface area (Å²) < 4.78 is 26.9. The van der Waals surface area contributed by atoms with E-state index in [9.17, 15) is 13.5 Å². The lowest BCUT2D eigenvalue weighted by molar-refractivity contribution is 0.155. The summed E-state index contributed by atoms with van der Waals surface area (Å²) in [5.74, 6) is 0. The van der Waals surface area contributed by atoms with Crippen LogP contribution in [0, 0.1) is 13.8 Å². The molecule has 2 rings (SSSR count). The predicted octanol–water partition coefficient (Wildman–Crippen LogP) is 1.42. The highest BCUT2D eigenvalue weighted by atomic mass is 32.2. The zero-order valence-corrected chi connectivity index (χ0v) is 12.8. The van der Waals surface area contributed by atoms with E-state index in [0.29, 0.717) is 18.7 Å². The number of hydrogen-bond acceptors (Lipinski definition) is 4. The number of aliphatic hydroxyl groups excluding tert-OH is 1. The van der Waals surface area contributed by atoms with Crippen LogP contribution in [0.4, 0.5) is 5.69 Å². The van der Waals surface area contributed by atoms with Gasteiger partial charge < -0.3 is 10.8 Å². The molecule has 1 fully saturated rings. The summed E-state index contributed by atoms with van der Waals surface area (Å²) in [4.78, 5) is 0.221. The summed E-state index contributed by atoms with van der Waals surface area (Å²) in [7, 11) is -3.59. The van der Waals surface area contributed by atoms with Gasteiger partial charge in [-0.05, 0) is 49.9 Å². The van der Waals surface area contributed by atoms with Crippen LogP contribution in [0.5, 0.6) is 0 Å². The summed E-state index contributed by atoms with van der Waals surface area (Å²) in [5.41, 5.74) is 8.14. The molecule has 0 spiro atoms. The Balaban J connectivity index is 2.44. The van der Waals surface area contributed by atoms with Crippen molar-refractivity contribution in [3.8, 4) is 0 Å². The van der Waals surface area contributed by atoms with Crippen molar-refractivity contribution < 1.29 is 13.5 Å². The van der Waals surface area contributed by atoms with Crippen LogP contribution in [0.1, 0.15) is 30.4 Å². The monoisotopic (exact) mass is 298 g/mol. The molecule has 1 aromatic carbocycles. The second kappa shape index (κ2) is 5.71. The molecule has 1 saturated heterocycles. The topological polar surface area (TPSA) is 83.6 Å². The first-order chi connectivity index (χ1) is 9.37. The molecule has 112 valence electrons. The molecule has 1 atom stereocenters. The molecule has 1 aromatic rings. The van der Waals surface area contributed by atoms with E-state index in [1.54, 1.807) is 6.07 Å². The van der Waals surface area contributed by atoms with Gasteiger partial charge in [0.05, 0.1) is 11.5 Å². The van der Waals surface area contributed by atoms with Crippen molar-refractivity contribution in [3.05, 3.63) is 23.3 Å². The van der Waals surface area contributed by atoms with Gasteiger partial charge in [0, 0.05) is 18.3 Å². The molecule has 1 aliphatic heterocycles. The van der Waals surface area contributed by atoms with E-state index in [4.69, 9.17) is 5.73 Å². The number of aryl methyl sites for hydroxylation is 1. The molecule has 1 unspecified atom stereocenters. The maximum atomic E-state index is 12.7. The number of rotatable bonds is 3. The first kappa shape index (κ1) is 15.3. The fourth-order valence-corrected chi connectivity index (χ4v) is 4.42. The molecule has 0 bridgehead atoms. The van der Waals surface area contributed by atoms with Crippen molar-refractivity contribution in [3.63, 3.8) is 0 Å². The number of anilines is 1. The van der Waals surface area contributed by atoms with Gasteiger partial charge in [-0.25, -0.2) is 8.42 Å². The largest absolute Gasteiger partial charge is 0.398 e. The van der Waals surface area contributed by atoms with Crippen molar-refractivity contribution in [1.82, 2.24) is 4.31 Å². The summed E-state index contributed by atoms with van der Waals surface area (Å²) in [5, 5.41) is 9.39. The van der Waals surface area contributed by atoms with Gasteiger partial charge in [-0.15, -0.1) is 0 Å². The van der Waals surface area contributed by atoms with Gasteiger partial charge in [-0.1, -0.05) is 6.42 Å². The standard InChI is InChI=1S/C14H22N2O3S/c1-10-7-13(8-14(15)11(10)2)20(18,19)16-6-4-3-5-12(16)9-17/h7-8,12,17H,3-6,9,15H2,1-2H3. The van der Waals surface area contributed by atoms with Crippen molar-refractivity contribution in [2.45, 2.75) is 44.0 Å². The number of nitrogens with zero attached hydrogens (tertiary/aromatic N) is 1. The maximum absolute atomic E-state index is 12.7. The Bertz CT molecular complexity index is 575. The lowest BCUT2D eigenvalue weighted by Gasteiger charge is -2.33. The zero-order valence-electron chi connectivity index (χ0n) is 12.0. The molecular weight excluding hydrogens is 276 g/mol. The SMILES string of the molecule is Cc1cc(S(=O)(=O)N2CCCCC2CO)cc(N)c1C. The molecule has 0 amide bonds. The highest BCUT2D eigenvalue weighted by Crippen LogP contribution is 2.28. The third-order valence-electron chi connectivity index (χ3n) is 4.07. The quantitative estimate of drug-likeness (QED) is 0.827. The third kappa shape index (κ3) is 2.68. The van der Waals surface area contributed by atoms with Gasteiger partial charge in [-0.2, -0.15) is 4.31 Å². The summed E-state index contributed by atoms with van der Waals surface area (Å²) in [6.07, 6.45) is 2.48. The van der Waals surface area contributed by atoms with Gasteiger partial charge in [-0.3, -0.25) is 0 Å². The van der Waals surface area contributed by atoms with Gasteiger partial charge in [0.1, 0.15) is 0 Å². The molecule has 0 radical (unpaired) electrons. The molecule has 1 aliphatic rings. The van der Waals surface area contributed by atoms with Gasteiger partial charge in [0.15, 0.2) is 0 Å². The fourth-order valence-electron chi connectivity index (χ4n) is 2.61. The van der Waals surface area contributed by atoms with Crippen LogP contribution in [0.15, 0.2) is 17.0 Å². The molecule has 6 heteroatoms. The van der Waals surface area contributed by atoms with Crippen LogP contribution in [0.25, 0.3) is 0 Å². The number of benzene rings is 1. The van der Waals surface area contributed by atoms with E-state index in [2.05, 4.69) is 0 Å². The highest BCUT2D eigenvalue weighted by molar-refractivity contribution is 7.89. The van der Waals surface area contributed by atoms with Gasteiger partial charge in [0.2, 0.25) is 10.0 Å². The number of piperidine rings is 1. The van der Waals surface area contributed by atoms with E-state index in [0.717, 1.165) is 24.0 Å². The minimum atomic E-state index is -3.59. The van der Waals surface area contributed by atoms with Crippen molar-refractivity contribution in [1.29, 1.82) is 0 Å². The number of aliphatic hydroxyl groups is 1. The van der Waals surface area contributed by atoms with Crippen LogP contribution in [-0.4, -0.2) is 37.0 Å². The van der Waals surface area contributed by atoms with Crippen LogP contribution in [0.3, 0.4) is 0 Å². The summed E-state index contributed by atoms with van der Waals surface area (Å²) in [6, 6.07) is 2.85. The van der Waals surface area contributed by atoms with Crippen LogP contribution >= 0.6 is 0 Å². The minimum absolute atomic E-state index is 0.139. The van der Waals surface area contributed by atoms with E-state index < -0.39 is 10.0 Å². The van der Waals surface area contributed by atoms with E-state index in [1.165, 1.54) is 10.4 Å². The van der Waals surface area contributed by atoms with E-state index in [1.807, 2.05) is 13.8 Å². The number of hydrogen-bond donors (Lipinski definition) is 2. The molecule has 0 aliphatic carbocycles. The van der Waals surface area contributed by atoms with E-state index in [-0.39, 0.29) is 17.5 Å². The molecule has 5 nitrogen and oxygen atoms in total. The Labute approximate surface area is 120 Å². The first-order valence-corrected chi connectivity index (χ1v) is 8.31. The summed E-state index contributed by atoms with van der Waals surface area (Å²) in [6.45, 7) is 4.04. The predicted molar refractivity (Wildman–Crippen MR) is 78.9 cm³/mol. The van der Waals surface area contributed by atoms with Crippen molar-refractivity contribution >= 4 is 15.7 Å². The summed E-state index contributed by atoms with van der Waals surface area (Å²) >= 11 is 0. The Morgan fingerprint density at radius 2 is 2.05 bits per heavy atom. The van der Waals surface area contributed by atoms with Gasteiger partial charge >= 0.3 is 0 Å². The fraction of sp³-hybridized carbons (Fsp3) is 0.571. The van der Waals surface area contributed by atoms with E-state index >= 15 is 0 Å². The number of nitrogen functional groups attached to an aromatic ring is 1. The highest BCUT2D eigenvalue weighted by Gasteiger charge is 2.33. The van der Waals surface area contributed by atoms with Crippen LogP contribution in [-0.2, 0) is 10.0 Å². The second-order valence-electron chi connectivity index (χ2n) is 5.40. The molecule has 3 N–H and O–H groups in total. The second-order valence-corrected chi connectivity index (χ2v) is 7.29. The maximum Gasteiger partial charge on any atom is 0.243 e. The lowest BCUT2D eigenvalue weighted by Crippen LogP contribution is -2.45. The molecule has 0 aromatic heterocycles. The third-order valence-corrected chi connectivity index (χ3v) is 6.00. The minimum Gasteiger partial charge on any atom is -0.398 e. The average molecular weight is 298 g/mol. The lowest BCUT2D eigenvalue weighted by atomic mass is 10.1. The van der Waals surface area contributed by atoms with Crippen molar-refractivity contribution in [2.75, 3.05) is 18.9 Å². The normalized spacial score (nSPS) is 21.1. The zero-order chi connectivity index (χ0) is 14.9. The van der Waals surface area contributed by atoms with Gasteiger partial charge in [0.25, 0.3) is 0 Å². The Morgan fingerprint density at radius 3 is 2.65 bits per heavy atom. The molecule has 20 heavy (non-hydrogen) atoms. The average Bonchev–Trinajstić information content (AvgIpc) is 2.44. The number of nitrogens with two attached hydrogens (primary N) is 1. The van der Waals surface area contributed by atoms with Crippen molar-refractivity contribution in [2.24, 2.45) is 0 Å². The molecular formula is C14H22N2O3S. The first-order valence-electron chi connectivity index (χ1n) is 6.87. The number of sulfonamides is 1. The Hall–Kier alpha value is -1.11. The van der Waals surface area contributed by atoms with Crippen LogP contribution in [0.2, 0.25) is 0 Å². The molecule has 1 heterocycles. The Kier molecular flexibility index (Phi) is 4.36. The smallest absolute Gasteiger partial charge is 0.243 e. The molecule has 0 saturated carbocycles. The van der Waals surface area contributed by atoms with Crippen LogP contribution < -0.4 is 5.73 Å².